The topological polar surface area (TPSA) is 92.8 Å². The van der Waals surface area contributed by atoms with Crippen LogP contribution in [-0.2, 0) is 29.7 Å². The molecule has 1 aliphatic heterocycles. The van der Waals surface area contributed by atoms with Gasteiger partial charge in [0.05, 0.1) is 6.54 Å². The van der Waals surface area contributed by atoms with Crippen molar-refractivity contribution in [2.24, 2.45) is 5.73 Å². The second kappa shape index (κ2) is 11.0. The molecule has 37 heavy (non-hydrogen) atoms. The van der Waals surface area contributed by atoms with Crippen molar-refractivity contribution in [2.75, 3.05) is 6.54 Å². The minimum absolute atomic E-state index is 0. The fourth-order valence-corrected chi connectivity index (χ4v) is 6.14. The second-order valence-electron chi connectivity index (χ2n) is 9.90. The maximum atomic E-state index is 13.3. The SMILES string of the molecule is Cl.Cl.NC[C@]1(c2cccc(Cl)c2)CC[C@@H](N2Cc3nnc(Cc4c[nH]c5ccccc45)n3CC2=O)CC1. The lowest BCUT2D eigenvalue weighted by Crippen LogP contribution is -2.50. The first-order valence-corrected chi connectivity index (χ1v) is 12.7. The van der Waals surface area contributed by atoms with Crippen molar-refractivity contribution < 1.29 is 4.79 Å². The largest absolute Gasteiger partial charge is 0.361 e. The third kappa shape index (κ3) is 4.98. The smallest absolute Gasteiger partial charge is 0.243 e. The Morgan fingerprint density at radius 1 is 1.05 bits per heavy atom. The molecule has 0 atom stereocenters. The lowest BCUT2D eigenvalue weighted by Gasteiger charge is -2.44. The first-order valence-electron chi connectivity index (χ1n) is 12.3. The Labute approximate surface area is 233 Å². The lowest BCUT2D eigenvalue weighted by atomic mass is 9.68. The minimum atomic E-state index is -0.0766. The zero-order valence-corrected chi connectivity index (χ0v) is 22.8. The quantitative estimate of drug-likeness (QED) is 0.357. The molecule has 196 valence electrons. The Kier molecular flexibility index (Phi) is 8.19. The summed E-state index contributed by atoms with van der Waals surface area (Å²) in [7, 11) is 0. The number of amides is 1. The number of nitrogens with two attached hydrogens (primary N) is 1. The van der Waals surface area contributed by atoms with Gasteiger partial charge in [-0.25, -0.2) is 0 Å². The molecule has 0 bridgehead atoms. The van der Waals surface area contributed by atoms with E-state index in [1.807, 2.05) is 46.0 Å². The number of aromatic nitrogens is 4. The van der Waals surface area contributed by atoms with E-state index in [1.54, 1.807) is 0 Å². The summed E-state index contributed by atoms with van der Waals surface area (Å²) in [5, 5.41) is 10.9. The molecule has 1 saturated carbocycles. The van der Waals surface area contributed by atoms with Crippen molar-refractivity contribution in [3.05, 3.63) is 82.5 Å². The van der Waals surface area contributed by atoms with Gasteiger partial charge in [0, 0.05) is 46.5 Å². The van der Waals surface area contributed by atoms with Crippen LogP contribution in [-0.4, -0.2) is 43.1 Å². The number of aromatic amines is 1. The minimum Gasteiger partial charge on any atom is -0.361 e. The van der Waals surface area contributed by atoms with Crippen molar-refractivity contribution in [3.63, 3.8) is 0 Å². The molecule has 1 amide bonds. The molecule has 7 nitrogen and oxygen atoms in total. The first kappa shape index (κ1) is 27.5. The molecule has 1 aliphatic carbocycles. The Morgan fingerprint density at radius 2 is 1.84 bits per heavy atom. The average Bonchev–Trinajstić information content (AvgIpc) is 3.48. The molecule has 0 spiro atoms. The van der Waals surface area contributed by atoms with E-state index in [0.717, 1.165) is 53.4 Å². The molecule has 0 radical (unpaired) electrons. The number of rotatable bonds is 5. The molecule has 3 N–H and O–H groups in total. The Morgan fingerprint density at radius 3 is 2.59 bits per heavy atom. The molecule has 2 aromatic carbocycles. The molecule has 2 aromatic heterocycles. The second-order valence-corrected chi connectivity index (χ2v) is 10.3. The summed E-state index contributed by atoms with van der Waals surface area (Å²) < 4.78 is 2.00. The van der Waals surface area contributed by atoms with Gasteiger partial charge < -0.3 is 20.2 Å². The van der Waals surface area contributed by atoms with Gasteiger partial charge in [-0.1, -0.05) is 41.9 Å². The molecule has 0 unspecified atom stereocenters. The Bertz CT molecular complexity index is 1390. The van der Waals surface area contributed by atoms with Crippen molar-refractivity contribution >= 4 is 53.2 Å². The highest BCUT2D eigenvalue weighted by molar-refractivity contribution is 6.30. The standard InChI is InChI=1S/C27H29ClN6O.2ClH/c28-20-5-3-4-19(13-20)27(17-29)10-8-21(9-11-27)33-15-25-32-31-24(34(25)16-26(33)35)12-18-14-30-23-7-2-1-6-22(18)23;;/h1-7,13-14,21,30H,8-12,15-17,29H2;2*1H/t21-,27+;;. The van der Waals surface area contributed by atoms with Gasteiger partial charge in [0.25, 0.3) is 0 Å². The van der Waals surface area contributed by atoms with Crippen molar-refractivity contribution in [1.29, 1.82) is 0 Å². The number of carbonyl (C=O) groups is 1. The highest BCUT2D eigenvalue weighted by Crippen LogP contribution is 2.41. The molecule has 10 heteroatoms. The summed E-state index contributed by atoms with van der Waals surface area (Å²) in [5.41, 5.74) is 9.68. The van der Waals surface area contributed by atoms with Crippen LogP contribution in [0, 0.1) is 0 Å². The number of benzene rings is 2. The third-order valence-electron chi connectivity index (χ3n) is 8.03. The zero-order chi connectivity index (χ0) is 24.0. The fraction of sp³-hybridized carbons (Fsp3) is 0.370. The van der Waals surface area contributed by atoms with Crippen LogP contribution in [0.2, 0.25) is 5.02 Å². The predicted molar refractivity (Wildman–Crippen MR) is 151 cm³/mol. The van der Waals surface area contributed by atoms with Crippen LogP contribution in [0.3, 0.4) is 0 Å². The van der Waals surface area contributed by atoms with Crippen LogP contribution in [0.25, 0.3) is 10.9 Å². The summed E-state index contributed by atoms with van der Waals surface area (Å²) in [5.74, 6) is 1.85. The molecule has 3 heterocycles. The number of hydrogen-bond donors (Lipinski definition) is 2. The Hall–Kier alpha value is -2.58. The predicted octanol–water partition coefficient (Wildman–Crippen LogP) is 5.03. The highest BCUT2D eigenvalue weighted by Gasteiger charge is 2.40. The zero-order valence-electron chi connectivity index (χ0n) is 20.4. The summed E-state index contributed by atoms with van der Waals surface area (Å²) in [6.07, 6.45) is 6.40. The van der Waals surface area contributed by atoms with Gasteiger partial charge in [-0.3, -0.25) is 4.79 Å². The van der Waals surface area contributed by atoms with Crippen LogP contribution in [0.1, 0.15) is 48.5 Å². The third-order valence-corrected chi connectivity index (χ3v) is 8.27. The van der Waals surface area contributed by atoms with Crippen molar-refractivity contribution in [2.45, 2.75) is 56.7 Å². The number of carbonyl (C=O) groups excluding carboxylic acids is 1. The molecule has 0 saturated heterocycles. The fourth-order valence-electron chi connectivity index (χ4n) is 5.95. The number of hydrogen-bond acceptors (Lipinski definition) is 4. The number of fused-ring (bicyclic) bond motifs is 2. The van der Waals surface area contributed by atoms with Gasteiger partial charge in [-0.05, 0) is 55.0 Å². The molecule has 4 aromatic rings. The molecule has 1 fully saturated rings. The molecule has 6 rings (SSSR count). The summed E-state index contributed by atoms with van der Waals surface area (Å²) in [6, 6.07) is 16.5. The number of H-pyrrole nitrogens is 1. The van der Waals surface area contributed by atoms with Crippen LogP contribution >= 0.6 is 36.4 Å². The van der Waals surface area contributed by atoms with E-state index in [9.17, 15) is 4.79 Å². The Balaban J connectivity index is 0.00000160. The molecular weight excluding hydrogens is 531 g/mol. The van der Waals surface area contributed by atoms with E-state index in [2.05, 4.69) is 33.4 Å². The van der Waals surface area contributed by atoms with E-state index in [0.29, 0.717) is 26.1 Å². The maximum absolute atomic E-state index is 13.3. The maximum Gasteiger partial charge on any atom is 0.243 e. The van der Waals surface area contributed by atoms with Crippen LogP contribution in [0.5, 0.6) is 0 Å². The van der Waals surface area contributed by atoms with Crippen LogP contribution < -0.4 is 5.73 Å². The normalized spacial score (nSPS) is 21.3. The van der Waals surface area contributed by atoms with E-state index < -0.39 is 0 Å². The lowest BCUT2D eigenvalue weighted by molar-refractivity contribution is -0.138. The van der Waals surface area contributed by atoms with E-state index in [4.69, 9.17) is 17.3 Å². The number of para-hydroxylation sites is 1. The number of halogens is 3. The van der Waals surface area contributed by atoms with Crippen molar-refractivity contribution in [1.82, 2.24) is 24.6 Å². The van der Waals surface area contributed by atoms with Gasteiger partial charge in [-0.15, -0.1) is 35.0 Å². The van der Waals surface area contributed by atoms with E-state index >= 15 is 0 Å². The average molecular weight is 562 g/mol. The highest BCUT2D eigenvalue weighted by atomic mass is 35.5. The number of nitrogens with one attached hydrogen (secondary N) is 1. The monoisotopic (exact) mass is 560 g/mol. The van der Waals surface area contributed by atoms with Crippen LogP contribution in [0.4, 0.5) is 0 Å². The number of nitrogens with zero attached hydrogens (tertiary/aromatic N) is 4. The van der Waals surface area contributed by atoms with E-state index in [1.165, 1.54) is 10.9 Å². The first-order chi connectivity index (χ1) is 17.1. The van der Waals surface area contributed by atoms with E-state index in [-0.39, 0.29) is 42.2 Å². The van der Waals surface area contributed by atoms with Crippen molar-refractivity contribution in [3.8, 4) is 0 Å². The summed E-state index contributed by atoms with van der Waals surface area (Å²) in [4.78, 5) is 18.6. The molecular formula is C27H31Cl3N6O. The van der Waals surface area contributed by atoms with Gasteiger partial charge in [0.1, 0.15) is 12.4 Å². The summed E-state index contributed by atoms with van der Waals surface area (Å²) in [6.45, 7) is 1.39. The van der Waals surface area contributed by atoms with Gasteiger partial charge in [-0.2, -0.15) is 0 Å². The van der Waals surface area contributed by atoms with Crippen LogP contribution in [0.15, 0.2) is 54.7 Å². The summed E-state index contributed by atoms with van der Waals surface area (Å²) >= 11 is 6.26. The van der Waals surface area contributed by atoms with Gasteiger partial charge >= 0.3 is 0 Å². The molecule has 2 aliphatic rings. The van der Waals surface area contributed by atoms with Gasteiger partial charge in [0.2, 0.25) is 5.91 Å². The van der Waals surface area contributed by atoms with Gasteiger partial charge in [0.15, 0.2) is 5.82 Å².